The van der Waals surface area contributed by atoms with Crippen molar-refractivity contribution < 1.29 is 22.4 Å². The third kappa shape index (κ3) is 3.51. The second-order valence-corrected chi connectivity index (χ2v) is 10.5. The molecule has 1 saturated heterocycles. The van der Waals surface area contributed by atoms with E-state index in [-0.39, 0.29) is 40.7 Å². The highest BCUT2D eigenvalue weighted by Gasteiger charge is 2.52. The summed E-state index contributed by atoms with van der Waals surface area (Å²) in [6.07, 6.45) is -0.449. The summed E-state index contributed by atoms with van der Waals surface area (Å²) in [7, 11) is 0. The van der Waals surface area contributed by atoms with Crippen LogP contribution in [-0.4, -0.2) is 39.4 Å². The van der Waals surface area contributed by atoms with Gasteiger partial charge in [-0.3, -0.25) is 4.79 Å². The number of nitrogens with zero attached hydrogens (tertiary/aromatic N) is 3. The predicted octanol–water partition coefficient (Wildman–Crippen LogP) is 5.18. The SMILES string of the molecule is CC1(C)C[C@@H]2C[C@@](C)(CN2C(=O)c2cc3n(n2)[C@@H](C(F)(F)F)C[C@@H](c2ccco2)N3)C1. The van der Waals surface area contributed by atoms with Gasteiger partial charge >= 0.3 is 6.18 Å². The van der Waals surface area contributed by atoms with Crippen molar-refractivity contribution in [1.82, 2.24) is 14.7 Å². The predicted molar refractivity (Wildman–Crippen MR) is 108 cm³/mol. The van der Waals surface area contributed by atoms with E-state index in [1.54, 1.807) is 12.1 Å². The Balaban J connectivity index is 1.46. The summed E-state index contributed by atoms with van der Waals surface area (Å²) >= 11 is 0. The van der Waals surface area contributed by atoms with Gasteiger partial charge in [-0.05, 0) is 42.2 Å². The van der Waals surface area contributed by atoms with Gasteiger partial charge in [0.25, 0.3) is 5.91 Å². The van der Waals surface area contributed by atoms with E-state index in [9.17, 15) is 18.0 Å². The Kier molecular flexibility index (Phi) is 4.31. The maximum absolute atomic E-state index is 13.8. The Bertz CT molecular complexity index is 997. The lowest BCUT2D eigenvalue weighted by Crippen LogP contribution is -2.38. The van der Waals surface area contributed by atoms with Gasteiger partial charge in [-0.2, -0.15) is 18.3 Å². The summed E-state index contributed by atoms with van der Waals surface area (Å²) in [5, 5.41) is 7.21. The monoisotopic (exact) mass is 436 g/mol. The van der Waals surface area contributed by atoms with Crippen LogP contribution in [0.1, 0.15) is 74.8 Å². The second-order valence-electron chi connectivity index (χ2n) is 10.5. The molecule has 2 aromatic heterocycles. The molecule has 2 aliphatic heterocycles. The molecular weight excluding hydrogens is 409 g/mol. The number of aromatic nitrogens is 2. The molecule has 168 valence electrons. The van der Waals surface area contributed by atoms with E-state index in [0.29, 0.717) is 12.3 Å². The molecule has 1 aliphatic carbocycles. The Morgan fingerprint density at radius 2 is 2.06 bits per heavy atom. The van der Waals surface area contributed by atoms with Crippen LogP contribution < -0.4 is 5.32 Å². The quantitative estimate of drug-likeness (QED) is 0.705. The van der Waals surface area contributed by atoms with Crippen molar-refractivity contribution in [3.63, 3.8) is 0 Å². The molecule has 1 N–H and O–H groups in total. The molecule has 0 unspecified atom stereocenters. The lowest BCUT2D eigenvalue weighted by atomic mass is 9.65. The fourth-order valence-electron chi connectivity index (χ4n) is 6.20. The van der Waals surface area contributed by atoms with Crippen LogP contribution in [0.3, 0.4) is 0 Å². The Hall–Kier alpha value is -2.45. The zero-order valence-corrected chi connectivity index (χ0v) is 17.9. The van der Waals surface area contributed by atoms with Crippen LogP contribution in [0.25, 0.3) is 0 Å². The molecule has 5 rings (SSSR count). The highest BCUT2D eigenvalue weighted by molar-refractivity contribution is 5.93. The molecule has 0 aromatic carbocycles. The van der Waals surface area contributed by atoms with Crippen LogP contribution >= 0.6 is 0 Å². The van der Waals surface area contributed by atoms with Gasteiger partial charge in [0, 0.05) is 25.1 Å². The number of likely N-dealkylation sites (tertiary alicyclic amines) is 1. The van der Waals surface area contributed by atoms with Crippen LogP contribution in [0.2, 0.25) is 0 Å². The topological polar surface area (TPSA) is 63.3 Å². The van der Waals surface area contributed by atoms with Crippen molar-refractivity contribution in [2.24, 2.45) is 10.8 Å². The largest absolute Gasteiger partial charge is 0.467 e. The van der Waals surface area contributed by atoms with E-state index < -0.39 is 18.3 Å². The van der Waals surface area contributed by atoms with Crippen molar-refractivity contribution in [3.8, 4) is 0 Å². The summed E-state index contributed by atoms with van der Waals surface area (Å²) in [5.74, 6) is 0.329. The normalized spacial score (nSPS) is 31.9. The molecule has 4 heterocycles. The van der Waals surface area contributed by atoms with Gasteiger partial charge in [-0.25, -0.2) is 4.68 Å². The summed E-state index contributed by atoms with van der Waals surface area (Å²) in [6.45, 7) is 7.25. The average Bonchev–Trinajstić information content (AvgIpc) is 3.35. The third-order valence-corrected chi connectivity index (χ3v) is 6.97. The second kappa shape index (κ2) is 6.53. The molecule has 1 amide bonds. The fraction of sp³-hybridized carbons (Fsp3) is 0.636. The standard InChI is InChI=1S/C22H27F3N4O2/c1-20(2)9-13-10-21(3,11-20)12-28(13)19(30)15-8-18-26-14(16-5-4-6-31-16)7-17(22(23,24)25)29(18)27-15/h4-6,8,13-14,17,26H,7,9-12H2,1-3H3/t13-,14+,17-,21-/m1/s1. The number of carbonyl (C=O) groups excluding carboxylic acids is 1. The number of fused-ring (bicyclic) bond motifs is 3. The third-order valence-electron chi connectivity index (χ3n) is 6.97. The number of furan rings is 1. The minimum absolute atomic E-state index is 0.0402. The molecule has 2 fully saturated rings. The Labute approximate surface area is 178 Å². The van der Waals surface area contributed by atoms with Crippen LogP contribution in [0.15, 0.2) is 28.9 Å². The van der Waals surface area contributed by atoms with Crippen LogP contribution in [0.4, 0.5) is 19.0 Å². The van der Waals surface area contributed by atoms with Crippen LogP contribution in [0.5, 0.6) is 0 Å². The number of nitrogens with one attached hydrogen (secondary N) is 1. The molecule has 1 saturated carbocycles. The number of halogens is 3. The molecule has 3 aliphatic rings. The first-order chi connectivity index (χ1) is 14.4. The zero-order valence-electron chi connectivity index (χ0n) is 17.9. The van der Waals surface area contributed by atoms with Gasteiger partial charge in [0.1, 0.15) is 11.6 Å². The summed E-state index contributed by atoms with van der Waals surface area (Å²) in [5.41, 5.74) is 0.239. The number of alkyl halides is 3. The van der Waals surface area contributed by atoms with E-state index in [4.69, 9.17) is 4.42 Å². The number of anilines is 1. The number of amides is 1. The van der Waals surface area contributed by atoms with Gasteiger partial charge in [-0.15, -0.1) is 0 Å². The molecule has 31 heavy (non-hydrogen) atoms. The molecule has 6 nitrogen and oxygen atoms in total. The van der Waals surface area contributed by atoms with E-state index in [1.807, 2.05) is 4.90 Å². The van der Waals surface area contributed by atoms with Gasteiger partial charge in [0.15, 0.2) is 11.7 Å². The molecule has 2 bridgehead atoms. The summed E-state index contributed by atoms with van der Waals surface area (Å²) in [4.78, 5) is 15.2. The smallest absolute Gasteiger partial charge is 0.410 e. The Morgan fingerprint density at radius 3 is 2.74 bits per heavy atom. The van der Waals surface area contributed by atoms with E-state index in [2.05, 4.69) is 31.2 Å². The number of rotatable bonds is 2. The number of hydrogen-bond acceptors (Lipinski definition) is 4. The first-order valence-corrected chi connectivity index (χ1v) is 10.7. The highest BCUT2D eigenvalue weighted by Crippen LogP contribution is 2.53. The van der Waals surface area contributed by atoms with Gasteiger partial charge in [0.05, 0.1) is 12.3 Å². The van der Waals surface area contributed by atoms with E-state index in [1.165, 1.54) is 12.3 Å². The van der Waals surface area contributed by atoms with Crippen LogP contribution in [-0.2, 0) is 0 Å². The van der Waals surface area contributed by atoms with Crippen LogP contribution in [0, 0.1) is 10.8 Å². The fourth-order valence-corrected chi connectivity index (χ4v) is 6.20. The number of carbonyl (C=O) groups is 1. The summed E-state index contributed by atoms with van der Waals surface area (Å²) in [6, 6.07) is 2.38. The van der Waals surface area contributed by atoms with Gasteiger partial charge in [0.2, 0.25) is 0 Å². The lowest BCUT2D eigenvalue weighted by Gasteiger charge is -2.39. The van der Waals surface area contributed by atoms with E-state index in [0.717, 1.165) is 23.9 Å². The van der Waals surface area contributed by atoms with E-state index >= 15 is 0 Å². The lowest BCUT2D eigenvalue weighted by molar-refractivity contribution is -0.174. The minimum atomic E-state index is -4.49. The number of hydrogen-bond donors (Lipinski definition) is 1. The average molecular weight is 436 g/mol. The molecule has 4 atom stereocenters. The maximum atomic E-state index is 13.8. The molecular formula is C22H27F3N4O2. The molecule has 9 heteroatoms. The minimum Gasteiger partial charge on any atom is -0.467 e. The maximum Gasteiger partial charge on any atom is 0.410 e. The van der Waals surface area contributed by atoms with Crippen molar-refractivity contribution in [3.05, 3.63) is 35.9 Å². The molecule has 0 radical (unpaired) electrons. The van der Waals surface area contributed by atoms with Crippen molar-refractivity contribution in [2.45, 2.75) is 70.8 Å². The first kappa shape index (κ1) is 20.5. The molecule has 2 aromatic rings. The summed E-state index contributed by atoms with van der Waals surface area (Å²) < 4.78 is 47.8. The van der Waals surface area contributed by atoms with Crippen molar-refractivity contribution >= 4 is 11.7 Å². The highest BCUT2D eigenvalue weighted by atomic mass is 19.4. The van der Waals surface area contributed by atoms with Crippen molar-refractivity contribution in [1.29, 1.82) is 0 Å². The zero-order chi connectivity index (χ0) is 22.2. The van der Waals surface area contributed by atoms with Gasteiger partial charge < -0.3 is 14.6 Å². The Morgan fingerprint density at radius 1 is 1.29 bits per heavy atom. The molecule has 0 spiro atoms. The van der Waals surface area contributed by atoms with Gasteiger partial charge in [-0.1, -0.05) is 20.8 Å². The van der Waals surface area contributed by atoms with Crippen molar-refractivity contribution in [2.75, 3.05) is 11.9 Å². The first-order valence-electron chi connectivity index (χ1n) is 10.7.